The summed E-state index contributed by atoms with van der Waals surface area (Å²) in [5, 5.41) is 0. The molecule has 0 saturated carbocycles. The van der Waals surface area contributed by atoms with Gasteiger partial charge in [0.25, 0.3) is 0 Å². The van der Waals surface area contributed by atoms with Crippen molar-refractivity contribution in [2.75, 3.05) is 5.73 Å². The number of benzene rings is 1. The molecular weight excluding hydrogens is 214 g/mol. The van der Waals surface area contributed by atoms with Gasteiger partial charge in [-0.05, 0) is 38.1 Å². The van der Waals surface area contributed by atoms with Crippen LogP contribution in [0.3, 0.4) is 0 Å². The molecule has 0 unspecified atom stereocenters. The average molecular weight is 229 g/mol. The Morgan fingerprint density at radius 1 is 1.06 bits per heavy atom. The minimum absolute atomic E-state index is 0.178. The Balaban J connectivity index is 2.20. The molecule has 1 aromatic carbocycles. The second-order valence-electron chi connectivity index (χ2n) is 4.02. The van der Waals surface area contributed by atoms with E-state index < -0.39 is 0 Å². The summed E-state index contributed by atoms with van der Waals surface area (Å²) in [5.41, 5.74) is 7.29. The van der Waals surface area contributed by atoms with Crippen molar-refractivity contribution >= 4 is 5.82 Å². The second-order valence-corrected chi connectivity index (χ2v) is 4.02. The summed E-state index contributed by atoms with van der Waals surface area (Å²) in [4.78, 5) is 8.22. The number of anilines is 1. The molecule has 2 aromatic rings. The zero-order chi connectivity index (χ0) is 12.3. The van der Waals surface area contributed by atoms with Gasteiger partial charge >= 0.3 is 0 Å². The van der Waals surface area contributed by atoms with Crippen LogP contribution in [0, 0.1) is 0 Å². The highest BCUT2D eigenvalue weighted by Crippen LogP contribution is 2.20. The standard InChI is InChI=1S/C13H15N3O/c1-9(2)17-11-5-3-10(4-6-11)12-7-16-13(14)8-15-12/h3-9H,1-2H3,(H2,14,16). The topological polar surface area (TPSA) is 61.0 Å². The van der Waals surface area contributed by atoms with Crippen molar-refractivity contribution in [1.82, 2.24) is 9.97 Å². The molecule has 0 radical (unpaired) electrons. The monoisotopic (exact) mass is 229 g/mol. The second kappa shape index (κ2) is 4.82. The molecule has 0 amide bonds. The highest BCUT2D eigenvalue weighted by molar-refractivity contribution is 5.59. The first kappa shape index (κ1) is 11.4. The molecule has 0 saturated heterocycles. The number of nitrogens with zero attached hydrogens (tertiary/aromatic N) is 2. The van der Waals surface area contributed by atoms with Gasteiger partial charge < -0.3 is 10.5 Å². The first-order valence-corrected chi connectivity index (χ1v) is 5.50. The summed E-state index contributed by atoms with van der Waals surface area (Å²) >= 11 is 0. The maximum absolute atomic E-state index is 5.57. The van der Waals surface area contributed by atoms with Crippen molar-refractivity contribution in [3.63, 3.8) is 0 Å². The average Bonchev–Trinajstić information content (AvgIpc) is 2.30. The van der Waals surface area contributed by atoms with Gasteiger partial charge in [0.15, 0.2) is 0 Å². The first-order chi connectivity index (χ1) is 8.15. The van der Waals surface area contributed by atoms with Crippen molar-refractivity contribution in [2.24, 2.45) is 0 Å². The zero-order valence-electron chi connectivity index (χ0n) is 9.92. The minimum atomic E-state index is 0.178. The van der Waals surface area contributed by atoms with Crippen LogP contribution in [0.1, 0.15) is 13.8 Å². The van der Waals surface area contributed by atoms with E-state index in [9.17, 15) is 0 Å². The first-order valence-electron chi connectivity index (χ1n) is 5.50. The van der Waals surface area contributed by atoms with Crippen LogP contribution in [0.25, 0.3) is 11.3 Å². The fraction of sp³-hybridized carbons (Fsp3) is 0.231. The molecule has 2 rings (SSSR count). The molecule has 0 atom stereocenters. The van der Waals surface area contributed by atoms with Crippen LogP contribution in [0.2, 0.25) is 0 Å². The van der Waals surface area contributed by atoms with E-state index in [1.807, 2.05) is 38.1 Å². The third kappa shape index (κ3) is 2.93. The quantitative estimate of drug-likeness (QED) is 0.878. The number of rotatable bonds is 3. The molecule has 0 bridgehead atoms. The fourth-order valence-corrected chi connectivity index (χ4v) is 1.46. The predicted molar refractivity (Wildman–Crippen MR) is 67.6 cm³/mol. The van der Waals surface area contributed by atoms with Crippen molar-refractivity contribution < 1.29 is 4.74 Å². The normalized spacial score (nSPS) is 10.5. The van der Waals surface area contributed by atoms with E-state index in [0.29, 0.717) is 5.82 Å². The summed E-state index contributed by atoms with van der Waals surface area (Å²) in [7, 11) is 0. The highest BCUT2D eigenvalue weighted by Gasteiger charge is 2.01. The molecular formula is C13H15N3O. The van der Waals surface area contributed by atoms with E-state index in [4.69, 9.17) is 10.5 Å². The van der Waals surface area contributed by atoms with E-state index in [0.717, 1.165) is 17.0 Å². The van der Waals surface area contributed by atoms with Crippen molar-refractivity contribution in [3.05, 3.63) is 36.7 Å². The maximum Gasteiger partial charge on any atom is 0.141 e. The van der Waals surface area contributed by atoms with Gasteiger partial charge in [0.1, 0.15) is 11.6 Å². The van der Waals surface area contributed by atoms with Crippen LogP contribution in [-0.2, 0) is 0 Å². The summed E-state index contributed by atoms with van der Waals surface area (Å²) in [6.45, 7) is 4.00. The largest absolute Gasteiger partial charge is 0.491 e. The lowest BCUT2D eigenvalue weighted by atomic mass is 10.1. The molecule has 1 aromatic heterocycles. The van der Waals surface area contributed by atoms with Crippen molar-refractivity contribution in [2.45, 2.75) is 20.0 Å². The molecule has 2 N–H and O–H groups in total. The number of nitrogens with two attached hydrogens (primary N) is 1. The zero-order valence-corrected chi connectivity index (χ0v) is 9.92. The summed E-state index contributed by atoms with van der Waals surface area (Å²) in [6, 6.07) is 7.76. The van der Waals surface area contributed by atoms with E-state index in [-0.39, 0.29) is 6.10 Å². The molecule has 0 aliphatic rings. The molecule has 1 heterocycles. The minimum Gasteiger partial charge on any atom is -0.491 e. The van der Waals surface area contributed by atoms with Crippen LogP contribution in [0.15, 0.2) is 36.7 Å². The molecule has 0 spiro atoms. The van der Waals surface area contributed by atoms with Gasteiger partial charge in [0.05, 0.1) is 24.2 Å². The Labute approximate surface area is 100 Å². The van der Waals surface area contributed by atoms with Gasteiger partial charge in [0, 0.05) is 5.56 Å². The summed E-state index contributed by atoms with van der Waals surface area (Å²) in [6.07, 6.45) is 3.39. The van der Waals surface area contributed by atoms with Gasteiger partial charge in [-0.3, -0.25) is 4.98 Å². The smallest absolute Gasteiger partial charge is 0.141 e. The number of aromatic nitrogens is 2. The number of ether oxygens (including phenoxy) is 1. The van der Waals surface area contributed by atoms with Crippen LogP contribution in [0.5, 0.6) is 5.75 Å². The molecule has 0 aliphatic carbocycles. The Kier molecular flexibility index (Phi) is 3.23. The van der Waals surface area contributed by atoms with Gasteiger partial charge in [-0.15, -0.1) is 0 Å². The molecule has 17 heavy (non-hydrogen) atoms. The van der Waals surface area contributed by atoms with Gasteiger partial charge in [0.2, 0.25) is 0 Å². The summed E-state index contributed by atoms with van der Waals surface area (Å²) < 4.78 is 5.57. The van der Waals surface area contributed by atoms with Crippen LogP contribution < -0.4 is 10.5 Å². The lowest BCUT2D eigenvalue weighted by molar-refractivity contribution is 0.242. The van der Waals surface area contributed by atoms with E-state index in [1.54, 1.807) is 12.4 Å². The highest BCUT2D eigenvalue weighted by atomic mass is 16.5. The van der Waals surface area contributed by atoms with Crippen LogP contribution >= 0.6 is 0 Å². The van der Waals surface area contributed by atoms with E-state index >= 15 is 0 Å². The van der Waals surface area contributed by atoms with E-state index in [2.05, 4.69) is 9.97 Å². The lowest BCUT2D eigenvalue weighted by Gasteiger charge is -2.09. The van der Waals surface area contributed by atoms with E-state index in [1.165, 1.54) is 0 Å². The lowest BCUT2D eigenvalue weighted by Crippen LogP contribution is -2.05. The molecule has 4 nitrogen and oxygen atoms in total. The Morgan fingerprint density at radius 3 is 2.29 bits per heavy atom. The Morgan fingerprint density at radius 2 is 1.76 bits per heavy atom. The van der Waals surface area contributed by atoms with Crippen LogP contribution in [0.4, 0.5) is 5.82 Å². The maximum atomic E-state index is 5.57. The van der Waals surface area contributed by atoms with Gasteiger partial charge in [-0.25, -0.2) is 4.98 Å². The molecule has 4 heteroatoms. The number of hydrogen-bond donors (Lipinski definition) is 1. The molecule has 0 fully saturated rings. The third-order valence-electron chi connectivity index (χ3n) is 2.19. The van der Waals surface area contributed by atoms with Gasteiger partial charge in [-0.2, -0.15) is 0 Å². The molecule has 0 aliphatic heterocycles. The Bertz CT molecular complexity index is 477. The van der Waals surface area contributed by atoms with Gasteiger partial charge in [-0.1, -0.05) is 0 Å². The van der Waals surface area contributed by atoms with Crippen molar-refractivity contribution in [3.8, 4) is 17.0 Å². The van der Waals surface area contributed by atoms with Crippen LogP contribution in [-0.4, -0.2) is 16.1 Å². The fourth-order valence-electron chi connectivity index (χ4n) is 1.46. The SMILES string of the molecule is CC(C)Oc1ccc(-c2cnc(N)cn2)cc1. The summed E-state index contributed by atoms with van der Waals surface area (Å²) in [5.74, 6) is 1.28. The predicted octanol–water partition coefficient (Wildman–Crippen LogP) is 2.51. The number of nitrogen functional groups attached to an aromatic ring is 1. The number of hydrogen-bond acceptors (Lipinski definition) is 4. The Hall–Kier alpha value is -2.10. The van der Waals surface area contributed by atoms with Crippen molar-refractivity contribution in [1.29, 1.82) is 0 Å². The molecule has 88 valence electrons. The third-order valence-corrected chi connectivity index (χ3v) is 2.19.